The second-order valence-corrected chi connectivity index (χ2v) is 4.22. The van der Waals surface area contributed by atoms with Crippen LogP contribution in [0.15, 0.2) is 30.5 Å². The number of hydrogen-bond donors (Lipinski definition) is 2. The van der Waals surface area contributed by atoms with E-state index < -0.39 is 0 Å². The molecule has 0 atom stereocenters. The van der Waals surface area contributed by atoms with E-state index in [0.717, 1.165) is 36.5 Å². The van der Waals surface area contributed by atoms with Gasteiger partial charge < -0.3 is 10.6 Å². The minimum atomic E-state index is -0.252. The van der Waals surface area contributed by atoms with Crippen molar-refractivity contribution in [1.29, 1.82) is 0 Å². The molecule has 4 nitrogen and oxygen atoms in total. The first kappa shape index (κ1) is 13.7. The normalized spacial score (nSPS) is 13.3. The average Bonchev–Trinajstić information content (AvgIpc) is 2.41. The van der Waals surface area contributed by atoms with Crippen molar-refractivity contribution in [2.75, 3.05) is 11.9 Å². The summed E-state index contributed by atoms with van der Waals surface area (Å²) in [5.41, 5.74) is 3.00. The highest BCUT2D eigenvalue weighted by atomic mass is 35.5. The maximum Gasteiger partial charge on any atom is 0.227 e. The van der Waals surface area contributed by atoms with E-state index in [-0.39, 0.29) is 18.2 Å². The first-order valence-electron chi connectivity index (χ1n) is 5.89. The Kier molecular flexibility index (Phi) is 4.29. The lowest BCUT2D eigenvalue weighted by atomic mass is 10.1. The predicted octanol–water partition coefficient (Wildman–Crippen LogP) is 2.43. The predicted molar refractivity (Wildman–Crippen MR) is 74.4 cm³/mol. The van der Waals surface area contributed by atoms with Crippen LogP contribution in [0.3, 0.4) is 0 Å². The minimum absolute atomic E-state index is 0. The van der Waals surface area contributed by atoms with E-state index in [1.54, 1.807) is 12.1 Å². The van der Waals surface area contributed by atoms with E-state index in [4.69, 9.17) is 0 Å². The van der Waals surface area contributed by atoms with Crippen LogP contribution >= 0.6 is 12.4 Å². The highest BCUT2D eigenvalue weighted by molar-refractivity contribution is 5.85. The zero-order valence-corrected chi connectivity index (χ0v) is 11.0. The van der Waals surface area contributed by atoms with E-state index in [1.807, 2.05) is 6.20 Å². The van der Waals surface area contributed by atoms with Crippen molar-refractivity contribution >= 4 is 24.0 Å². The third-order valence-electron chi connectivity index (χ3n) is 2.91. The lowest BCUT2D eigenvalue weighted by Gasteiger charge is -2.16. The monoisotopic (exact) mass is 280 g/mol. The Morgan fingerprint density at radius 2 is 2.00 bits per heavy atom. The van der Waals surface area contributed by atoms with Crippen LogP contribution in [0.5, 0.6) is 0 Å². The highest BCUT2D eigenvalue weighted by Gasteiger charge is 2.11. The third kappa shape index (κ3) is 3.19. The molecule has 0 amide bonds. The van der Waals surface area contributed by atoms with Gasteiger partial charge in [0.25, 0.3) is 0 Å². The first-order chi connectivity index (χ1) is 8.81. The smallest absolute Gasteiger partial charge is 0.227 e. The van der Waals surface area contributed by atoms with Crippen molar-refractivity contribution in [2.45, 2.75) is 13.0 Å². The van der Waals surface area contributed by atoms with E-state index in [2.05, 4.69) is 20.6 Å². The molecule has 0 unspecified atom stereocenters. The van der Waals surface area contributed by atoms with E-state index in [1.165, 1.54) is 12.1 Å². The number of anilines is 2. The summed E-state index contributed by atoms with van der Waals surface area (Å²) in [5, 5.41) is 6.35. The van der Waals surface area contributed by atoms with Gasteiger partial charge in [-0.1, -0.05) is 0 Å². The van der Waals surface area contributed by atoms with Crippen molar-refractivity contribution in [2.24, 2.45) is 0 Å². The molecule has 1 aliphatic heterocycles. The van der Waals surface area contributed by atoms with Gasteiger partial charge in [0.05, 0.1) is 5.69 Å². The zero-order chi connectivity index (χ0) is 12.4. The van der Waals surface area contributed by atoms with Gasteiger partial charge in [0, 0.05) is 37.0 Å². The Morgan fingerprint density at radius 1 is 1.21 bits per heavy atom. The fourth-order valence-corrected chi connectivity index (χ4v) is 1.96. The van der Waals surface area contributed by atoms with Crippen LogP contribution in [-0.2, 0) is 13.0 Å². The number of fused-ring (bicyclic) bond motifs is 1. The SMILES string of the molecule is Cl.Fc1ccc(Nc2ncc3c(n2)CCNC3)cc1. The summed E-state index contributed by atoms with van der Waals surface area (Å²) < 4.78 is 12.8. The van der Waals surface area contributed by atoms with Crippen LogP contribution in [0.2, 0.25) is 0 Å². The summed E-state index contributed by atoms with van der Waals surface area (Å²) in [5.74, 6) is 0.306. The van der Waals surface area contributed by atoms with E-state index in [9.17, 15) is 4.39 Å². The maximum absolute atomic E-state index is 12.8. The topological polar surface area (TPSA) is 49.8 Å². The van der Waals surface area contributed by atoms with Crippen molar-refractivity contribution in [3.05, 3.63) is 47.5 Å². The minimum Gasteiger partial charge on any atom is -0.324 e. The quantitative estimate of drug-likeness (QED) is 0.887. The van der Waals surface area contributed by atoms with Gasteiger partial charge in [0.1, 0.15) is 5.82 Å². The summed E-state index contributed by atoms with van der Waals surface area (Å²) >= 11 is 0. The molecule has 100 valence electrons. The van der Waals surface area contributed by atoms with Crippen LogP contribution in [0.1, 0.15) is 11.3 Å². The Bertz CT molecular complexity index is 559. The van der Waals surface area contributed by atoms with Crippen LogP contribution in [0, 0.1) is 5.82 Å². The zero-order valence-electron chi connectivity index (χ0n) is 10.2. The Hall–Kier alpha value is -1.72. The molecule has 1 aromatic carbocycles. The first-order valence-corrected chi connectivity index (χ1v) is 5.89. The molecule has 1 aromatic heterocycles. The van der Waals surface area contributed by atoms with Gasteiger partial charge in [-0.3, -0.25) is 0 Å². The summed E-state index contributed by atoms with van der Waals surface area (Å²) in [6.45, 7) is 1.77. The number of nitrogens with zero attached hydrogens (tertiary/aromatic N) is 2. The summed E-state index contributed by atoms with van der Waals surface area (Å²) in [6, 6.07) is 6.15. The summed E-state index contributed by atoms with van der Waals surface area (Å²) in [7, 11) is 0. The molecule has 6 heteroatoms. The van der Waals surface area contributed by atoms with Crippen molar-refractivity contribution in [3.8, 4) is 0 Å². The second kappa shape index (κ2) is 5.95. The van der Waals surface area contributed by atoms with Gasteiger partial charge in [-0.15, -0.1) is 12.4 Å². The third-order valence-corrected chi connectivity index (χ3v) is 2.91. The molecular formula is C13H14ClFN4. The number of rotatable bonds is 2. The van der Waals surface area contributed by atoms with E-state index >= 15 is 0 Å². The molecule has 0 fully saturated rings. The van der Waals surface area contributed by atoms with Gasteiger partial charge in [-0.2, -0.15) is 0 Å². The van der Waals surface area contributed by atoms with Crippen molar-refractivity contribution in [1.82, 2.24) is 15.3 Å². The van der Waals surface area contributed by atoms with Gasteiger partial charge in [0.2, 0.25) is 5.95 Å². The molecule has 2 heterocycles. The Labute approximate surface area is 116 Å². The van der Waals surface area contributed by atoms with Crippen molar-refractivity contribution in [3.63, 3.8) is 0 Å². The number of hydrogen-bond acceptors (Lipinski definition) is 4. The summed E-state index contributed by atoms with van der Waals surface area (Å²) in [6.07, 6.45) is 2.75. The van der Waals surface area contributed by atoms with Crippen LogP contribution in [0.4, 0.5) is 16.0 Å². The number of nitrogens with one attached hydrogen (secondary N) is 2. The summed E-state index contributed by atoms with van der Waals surface area (Å²) in [4.78, 5) is 8.73. The number of halogens is 2. The number of aromatic nitrogens is 2. The lowest BCUT2D eigenvalue weighted by molar-refractivity contribution is 0.626. The number of benzene rings is 1. The molecule has 0 saturated carbocycles. The molecule has 0 aliphatic carbocycles. The Morgan fingerprint density at radius 3 is 2.79 bits per heavy atom. The molecule has 0 bridgehead atoms. The molecule has 0 spiro atoms. The van der Waals surface area contributed by atoms with Gasteiger partial charge in [-0.25, -0.2) is 14.4 Å². The van der Waals surface area contributed by atoms with Crippen LogP contribution in [-0.4, -0.2) is 16.5 Å². The fourth-order valence-electron chi connectivity index (χ4n) is 1.96. The van der Waals surface area contributed by atoms with Gasteiger partial charge in [-0.05, 0) is 24.3 Å². The van der Waals surface area contributed by atoms with Crippen LogP contribution < -0.4 is 10.6 Å². The van der Waals surface area contributed by atoms with Gasteiger partial charge >= 0.3 is 0 Å². The average molecular weight is 281 g/mol. The molecular weight excluding hydrogens is 267 g/mol. The lowest BCUT2D eigenvalue weighted by Crippen LogP contribution is -2.25. The molecule has 2 N–H and O–H groups in total. The Balaban J connectivity index is 0.00000133. The van der Waals surface area contributed by atoms with Crippen LogP contribution in [0.25, 0.3) is 0 Å². The maximum atomic E-state index is 12.8. The molecule has 0 radical (unpaired) electrons. The molecule has 2 aromatic rings. The largest absolute Gasteiger partial charge is 0.324 e. The molecule has 0 saturated heterocycles. The molecule has 1 aliphatic rings. The second-order valence-electron chi connectivity index (χ2n) is 4.22. The standard InChI is InChI=1S/C13H13FN4.ClH/c14-10-1-3-11(4-2-10)17-13-16-8-9-7-15-6-5-12(9)18-13;/h1-4,8,15H,5-7H2,(H,16,17,18);1H. The van der Waals surface area contributed by atoms with Gasteiger partial charge in [0.15, 0.2) is 0 Å². The fraction of sp³-hybridized carbons (Fsp3) is 0.231. The van der Waals surface area contributed by atoms with Crippen molar-refractivity contribution < 1.29 is 4.39 Å². The highest BCUT2D eigenvalue weighted by Crippen LogP contribution is 2.16. The molecule has 3 rings (SSSR count). The van der Waals surface area contributed by atoms with E-state index in [0.29, 0.717) is 5.95 Å². The molecule has 19 heavy (non-hydrogen) atoms.